The smallest absolute Gasteiger partial charge is 0.246 e. The van der Waals surface area contributed by atoms with Crippen LogP contribution in [0.3, 0.4) is 0 Å². The Bertz CT molecular complexity index is 426. The van der Waals surface area contributed by atoms with Crippen molar-refractivity contribution in [3.05, 3.63) is 17.5 Å². The molecule has 86 valence electrons. The molecule has 1 atom stereocenters. The minimum atomic E-state index is -0.396. The number of nitrogens with zero attached hydrogens (tertiary/aromatic N) is 2. The monoisotopic (exact) mass is 222 g/mol. The number of aryl methyl sites for hydroxylation is 1. The summed E-state index contributed by atoms with van der Waals surface area (Å²) in [6, 6.07) is -0.396. The number of hydrogen-bond acceptors (Lipinski definition) is 4. The summed E-state index contributed by atoms with van der Waals surface area (Å²) in [5, 5.41) is 9.77. The third kappa shape index (κ3) is 1.83. The molecule has 1 saturated heterocycles. The summed E-state index contributed by atoms with van der Waals surface area (Å²) >= 11 is 0. The lowest BCUT2D eigenvalue weighted by Crippen LogP contribution is -2.36. The Balaban J connectivity index is 1.95. The predicted octanol–water partition coefficient (Wildman–Crippen LogP) is -0.435. The second-order valence-corrected chi connectivity index (χ2v) is 3.95. The van der Waals surface area contributed by atoms with Crippen LogP contribution in [-0.4, -0.2) is 40.0 Å². The SMILES string of the molecule is Cc1[nH]ncc1CNC1CC(=O)N(C)C1=O. The molecule has 0 saturated carbocycles. The van der Waals surface area contributed by atoms with E-state index in [2.05, 4.69) is 15.5 Å². The van der Waals surface area contributed by atoms with Crippen molar-refractivity contribution in [2.75, 3.05) is 7.05 Å². The number of H-pyrrole nitrogens is 1. The predicted molar refractivity (Wildman–Crippen MR) is 56.3 cm³/mol. The number of carbonyl (C=O) groups excluding carboxylic acids is 2. The maximum atomic E-state index is 11.6. The molecule has 1 unspecified atom stereocenters. The molecule has 1 aliphatic rings. The van der Waals surface area contributed by atoms with E-state index in [1.165, 1.54) is 11.9 Å². The zero-order chi connectivity index (χ0) is 11.7. The fourth-order valence-electron chi connectivity index (χ4n) is 1.70. The first kappa shape index (κ1) is 10.8. The van der Waals surface area contributed by atoms with Gasteiger partial charge in [-0.1, -0.05) is 0 Å². The Labute approximate surface area is 93.0 Å². The van der Waals surface area contributed by atoms with Gasteiger partial charge in [-0.25, -0.2) is 0 Å². The summed E-state index contributed by atoms with van der Waals surface area (Å²) in [4.78, 5) is 24.0. The Kier molecular flexibility index (Phi) is 2.74. The van der Waals surface area contributed by atoms with Gasteiger partial charge in [0.25, 0.3) is 0 Å². The number of amides is 2. The average molecular weight is 222 g/mol. The van der Waals surface area contributed by atoms with Crippen LogP contribution in [0.4, 0.5) is 0 Å². The van der Waals surface area contributed by atoms with Crippen molar-refractivity contribution >= 4 is 11.8 Å². The van der Waals surface area contributed by atoms with Crippen LogP contribution in [0, 0.1) is 6.92 Å². The van der Waals surface area contributed by atoms with E-state index in [0.717, 1.165) is 11.3 Å². The lowest BCUT2D eigenvalue weighted by molar-refractivity contribution is -0.137. The third-order valence-corrected chi connectivity index (χ3v) is 2.85. The van der Waals surface area contributed by atoms with Crippen LogP contribution < -0.4 is 5.32 Å². The highest BCUT2D eigenvalue weighted by Gasteiger charge is 2.35. The quantitative estimate of drug-likeness (QED) is 0.680. The molecular formula is C10H14N4O2. The minimum absolute atomic E-state index is 0.133. The van der Waals surface area contributed by atoms with E-state index in [4.69, 9.17) is 0 Å². The maximum absolute atomic E-state index is 11.6. The number of nitrogens with one attached hydrogen (secondary N) is 2. The maximum Gasteiger partial charge on any atom is 0.246 e. The van der Waals surface area contributed by atoms with Gasteiger partial charge in [-0.2, -0.15) is 5.10 Å². The Hall–Kier alpha value is -1.69. The first-order valence-electron chi connectivity index (χ1n) is 5.12. The number of aromatic amines is 1. The summed E-state index contributed by atoms with van der Waals surface area (Å²) in [5.41, 5.74) is 1.98. The lowest BCUT2D eigenvalue weighted by Gasteiger charge is -2.10. The van der Waals surface area contributed by atoms with Gasteiger partial charge in [-0.3, -0.25) is 19.6 Å². The zero-order valence-corrected chi connectivity index (χ0v) is 9.28. The lowest BCUT2D eigenvalue weighted by atomic mass is 10.2. The molecule has 0 aromatic carbocycles. The summed E-state index contributed by atoms with van der Waals surface area (Å²) < 4.78 is 0. The van der Waals surface area contributed by atoms with Crippen LogP contribution in [0.1, 0.15) is 17.7 Å². The largest absolute Gasteiger partial charge is 0.301 e. The highest BCUT2D eigenvalue weighted by molar-refractivity contribution is 6.05. The van der Waals surface area contributed by atoms with Gasteiger partial charge in [0.05, 0.1) is 18.7 Å². The summed E-state index contributed by atoms with van der Waals surface area (Å²) in [6.07, 6.45) is 1.96. The molecule has 1 aliphatic heterocycles. The number of imide groups is 1. The number of aromatic nitrogens is 2. The Morgan fingerprint density at radius 2 is 2.38 bits per heavy atom. The Morgan fingerprint density at radius 3 is 2.88 bits per heavy atom. The molecule has 0 aliphatic carbocycles. The molecule has 0 bridgehead atoms. The Morgan fingerprint density at radius 1 is 1.62 bits per heavy atom. The molecule has 2 rings (SSSR count). The van der Waals surface area contributed by atoms with Crippen LogP contribution >= 0.6 is 0 Å². The van der Waals surface area contributed by atoms with Gasteiger partial charge < -0.3 is 5.32 Å². The van der Waals surface area contributed by atoms with E-state index in [0.29, 0.717) is 6.54 Å². The topological polar surface area (TPSA) is 78.1 Å². The number of rotatable bonds is 3. The van der Waals surface area contributed by atoms with Crippen molar-refractivity contribution in [2.24, 2.45) is 0 Å². The zero-order valence-electron chi connectivity index (χ0n) is 9.28. The second kappa shape index (κ2) is 4.05. The van der Waals surface area contributed by atoms with Gasteiger partial charge in [0, 0.05) is 24.8 Å². The molecule has 2 amide bonds. The molecule has 1 aromatic heterocycles. The number of likely N-dealkylation sites (tertiary alicyclic amines) is 1. The highest BCUT2D eigenvalue weighted by atomic mass is 16.2. The normalized spacial score (nSPS) is 20.9. The van der Waals surface area contributed by atoms with E-state index < -0.39 is 6.04 Å². The van der Waals surface area contributed by atoms with Crippen LogP contribution in [0.15, 0.2) is 6.20 Å². The number of hydrogen-bond donors (Lipinski definition) is 2. The van der Waals surface area contributed by atoms with Crippen LogP contribution in [0.25, 0.3) is 0 Å². The molecular weight excluding hydrogens is 208 g/mol. The molecule has 0 spiro atoms. The van der Waals surface area contributed by atoms with E-state index in [9.17, 15) is 9.59 Å². The molecule has 6 heteroatoms. The van der Waals surface area contributed by atoms with E-state index >= 15 is 0 Å². The first-order chi connectivity index (χ1) is 7.59. The average Bonchev–Trinajstić information content (AvgIpc) is 2.76. The molecule has 2 N–H and O–H groups in total. The van der Waals surface area contributed by atoms with E-state index in [1.54, 1.807) is 6.20 Å². The van der Waals surface area contributed by atoms with Crippen molar-refractivity contribution in [1.82, 2.24) is 20.4 Å². The molecule has 6 nitrogen and oxygen atoms in total. The molecule has 1 aromatic rings. The van der Waals surface area contributed by atoms with Crippen LogP contribution in [0.5, 0.6) is 0 Å². The highest BCUT2D eigenvalue weighted by Crippen LogP contribution is 2.11. The van der Waals surface area contributed by atoms with Gasteiger partial charge in [0.2, 0.25) is 11.8 Å². The van der Waals surface area contributed by atoms with Crippen molar-refractivity contribution in [3.8, 4) is 0 Å². The van der Waals surface area contributed by atoms with E-state index in [-0.39, 0.29) is 18.2 Å². The second-order valence-electron chi connectivity index (χ2n) is 3.95. The van der Waals surface area contributed by atoms with E-state index in [1.807, 2.05) is 6.92 Å². The minimum Gasteiger partial charge on any atom is -0.301 e. The van der Waals surface area contributed by atoms with Crippen molar-refractivity contribution in [3.63, 3.8) is 0 Å². The van der Waals surface area contributed by atoms with Crippen LogP contribution in [0.2, 0.25) is 0 Å². The van der Waals surface area contributed by atoms with Gasteiger partial charge in [0.1, 0.15) is 0 Å². The van der Waals surface area contributed by atoms with Crippen molar-refractivity contribution in [2.45, 2.75) is 25.9 Å². The third-order valence-electron chi connectivity index (χ3n) is 2.85. The van der Waals surface area contributed by atoms with Crippen molar-refractivity contribution < 1.29 is 9.59 Å². The fourth-order valence-corrected chi connectivity index (χ4v) is 1.70. The summed E-state index contributed by atoms with van der Waals surface area (Å²) in [5.74, 6) is -0.294. The fraction of sp³-hybridized carbons (Fsp3) is 0.500. The molecule has 2 heterocycles. The van der Waals surface area contributed by atoms with Gasteiger partial charge >= 0.3 is 0 Å². The molecule has 1 fully saturated rings. The standard InChI is InChI=1S/C10H14N4O2/c1-6-7(5-12-13-6)4-11-8-3-9(15)14(2)10(8)16/h5,8,11H,3-4H2,1-2H3,(H,12,13). The van der Waals surface area contributed by atoms with Gasteiger partial charge in [-0.15, -0.1) is 0 Å². The van der Waals surface area contributed by atoms with Gasteiger partial charge in [0.15, 0.2) is 0 Å². The number of carbonyl (C=O) groups is 2. The molecule has 0 radical (unpaired) electrons. The van der Waals surface area contributed by atoms with Crippen molar-refractivity contribution in [1.29, 1.82) is 0 Å². The summed E-state index contributed by atoms with van der Waals surface area (Å²) in [7, 11) is 1.51. The van der Waals surface area contributed by atoms with Crippen LogP contribution in [-0.2, 0) is 16.1 Å². The number of likely N-dealkylation sites (N-methyl/N-ethyl adjacent to an activating group) is 1. The first-order valence-corrected chi connectivity index (χ1v) is 5.12. The van der Waals surface area contributed by atoms with Gasteiger partial charge in [-0.05, 0) is 6.92 Å². The summed E-state index contributed by atoms with van der Waals surface area (Å²) in [6.45, 7) is 2.46. The molecule has 16 heavy (non-hydrogen) atoms.